The van der Waals surface area contributed by atoms with E-state index in [2.05, 4.69) is 20.8 Å². The number of aliphatic hydroxyl groups is 1. The first-order valence-electron chi connectivity index (χ1n) is 9.65. The molecule has 0 heterocycles. The molecule has 4 aliphatic carbocycles. The summed E-state index contributed by atoms with van der Waals surface area (Å²) in [5.74, 6) is 4.59. The molecule has 0 radical (unpaired) electrons. The molecule has 0 aromatic rings. The number of hydrogen-bond acceptors (Lipinski definition) is 1. The Labute approximate surface area is 130 Å². The smallest absolute Gasteiger partial charge is 0.0596 e. The molecule has 1 nitrogen and oxygen atoms in total. The van der Waals surface area contributed by atoms with Gasteiger partial charge in [-0.15, -0.1) is 0 Å². The molecule has 8 atom stereocenters. The van der Waals surface area contributed by atoms with E-state index in [1.807, 2.05) is 0 Å². The highest BCUT2D eigenvalue weighted by atomic mass is 16.3. The first-order valence-corrected chi connectivity index (χ1v) is 9.65. The van der Waals surface area contributed by atoms with E-state index in [4.69, 9.17) is 0 Å². The zero-order valence-corrected chi connectivity index (χ0v) is 14.3. The molecule has 3 unspecified atom stereocenters. The van der Waals surface area contributed by atoms with Crippen molar-refractivity contribution in [3.05, 3.63) is 0 Å². The van der Waals surface area contributed by atoms with Crippen LogP contribution in [-0.2, 0) is 0 Å². The standard InChI is InChI=1S/C20H34O/c1-13-12-14-16-7-8-18(21)20(16,3)11-9-17(14)19(2)10-5-4-6-15(13)19/h13-18,21H,4-12H2,1-3H3/t13?,14-,15?,16-,17+,18?,19-,20-/m0/s1. The zero-order valence-electron chi connectivity index (χ0n) is 14.3. The van der Waals surface area contributed by atoms with Crippen LogP contribution in [-0.4, -0.2) is 11.2 Å². The topological polar surface area (TPSA) is 20.2 Å². The van der Waals surface area contributed by atoms with Crippen LogP contribution >= 0.6 is 0 Å². The van der Waals surface area contributed by atoms with Gasteiger partial charge >= 0.3 is 0 Å². The molecule has 120 valence electrons. The second-order valence-corrected chi connectivity index (χ2v) is 9.59. The van der Waals surface area contributed by atoms with E-state index in [1.54, 1.807) is 0 Å². The van der Waals surface area contributed by atoms with Crippen LogP contribution in [0.5, 0.6) is 0 Å². The molecule has 0 spiro atoms. The highest BCUT2D eigenvalue weighted by Gasteiger charge is 2.60. The largest absolute Gasteiger partial charge is 0.393 e. The Bertz CT molecular complexity index is 418. The first kappa shape index (κ1) is 14.5. The zero-order chi connectivity index (χ0) is 14.8. The molecule has 1 heteroatoms. The normalized spacial score (nSPS) is 60.0. The van der Waals surface area contributed by atoms with Gasteiger partial charge in [0.15, 0.2) is 0 Å². The van der Waals surface area contributed by atoms with Gasteiger partial charge in [-0.25, -0.2) is 0 Å². The molecule has 0 amide bonds. The van der Waals surface area contributed by atoms with Gasteiger partial charge in [-0.05, 0) is 85.4 Å². The second kappa shape index (κ2) is 4.73. The third kappa shape index (κ3) is 1.85. The lowest BCUT2D eigenvalue weighted by molar-refractivity contribution is -0.138. The molecule has 0 aliphatic heterocycles. The predicted octanol–water partition coefficient (Wildman–Crippen LogP) is 5.03. The maximum Gasteiger partial charge on any atom is 0.0596 e. The fraction of sp³-hybridized carbons (Fsp3) is 1.00. The molecule has 0 bridgehead atoms. The molecule has 4 saturated carbocycles. The van der Waals surface area contributed by atoms with Crippen molar-refractivity contribution in [2.75, 3.05) is 0 Å². The van der Waals surface area contributed by atoms with Gasteiger partial charge in [-0.3, -0.25) is 0 Å². The monoisotopic (exact) mass is 290 g/mol. The Balaban J connectivity index is 1.68. The third-order valence-electron chi connectivity index (χ3n) is 8.89. The molecular weight excluding hydrogens is 256 g/mol. The summed E-state index contributed by atoms with van der Waals surface area (Å²) >= 11 is 0. The number of hydrogen-bond donors (Lipinski definition) is 1. The summed E-state index contributed by atoms with van der Waals surface area (Å²) in [5.41, 5.74) is 0.869. The first-order chi connectivity index (χ1) is 9.97. The van der Waals surface area contributed by atoms with Crippen molar-refractivity contribution < 1.29 is 5.11 Å². The highest BCUT2D eigenvalue weighted by Crippen LogP contribution is 2.67. The summed E-state index contributed by atoms with van der Waals surface area (Å²) in [5, 5.41) is 10.5. The Morgan fingerprint density at radius 3 is 2.38 bits per heavy atom. The number of fused-ring (bicyclic) bond motifs is 5. The van der Waals surface area contributed by atoms with Crippen molar-refractivity contribution in [2.24, 2.45) is 40.4 Å². The summed E-state index contributed by atoms with van der Waals surface area (Å²) in [4.78, 5) is 0. The van der Waals surface area contributed by atoms with Gasteiger partial charge in [0.25, 0.3) is 0 Å². The van der Waals surface area contributed by atoms with Crippen molar-refractivity contribution in [3.8, 4) is 0 Å². The number of aliphatic hydroxyl groups excluding tert-OH is 1. The lowest BCUT2D eigenvalue weighted by Crippen LogP contribution is -2.55. The lowest BCUT2D eigenvalue weighted by atomic mass is 9.43. The molecule has 4 aliphatic rings. The van der Waals surface area contributed by atoms with Gasteiger partial charge in [0.2, 0.25) is 0 Å². The van der Waals surface area contributed by atoms with Crippen LogP contribution in [0.4, 0.5) is 0 Å². The molecule has 0 saturated heterocycles. The van der Waals surface area contributed by atoms with Crippen molar-refractivity contribution in [1.29, 1.82) is 0 Å². The van der Waals surface area contributed by atoms with Crippen molar-refractivity contribution in [1.82, 2.24) is 0 Å². The lowest BCUT2D eigenvalue weighted by Gasteiger charge is -2.62. The van der Waals surface area contributed by atoms with Crippen LogP contribution in [0.3, 0.4) is 0 Å². The molecule has 4 fully saturated rings. The summed E-state index contributed by atoms with van der Waals surface area (Å²) in [6.45, 7) is 7.60. The van der Waals surface area contributed by atoms with Crippen molar-refractivity contribution in [2.45, 2.75) is 84.7 Å². The van der Waals surface area contributed by atoms with Gasteiger partial charge in [0, 0.05) is 0 Å². The van der Waals surface area contributed by atoms with E-state index < -0.39 is 0 Å². The van der Waals surface area contributed by atoms with E-state index in [0.29, 0.717) is 5.41 Å². The molecule has 0 aromatic heterocycles. The Hall–Kier alpha value is -0.0400. The van der Waals surface area contributed by atoms with Gasteiger partial charge in [0.05, 0.1) is 6.10 Å². The average molecular weight is 290 g/mol. The van der Waals surface area contributed by atoms with Crippen LogP contribution in [0.25, 0.3) is 0 Å². The van der Waals surface area contributed by atoms with E-state index in [9.17, 15) is 5.11 Å². The minimum Gasteiger partial charge on any atom is -0.393 e. The Morgan fingerprint density at radius 2 is 1.57 bits per heavy atom. The van der Waals surface area contributed by atoms with Crippen LogP contribution < -0.4 is 0 Å². The van der Waals surface area contributed by atoms with Crippen LogP contribution in [0.2, 0.25) is 0 Å². The quantitative estimate of drug-likeness (QED) is 0.663. The fourth-order valence-corrected chi connectivity index (χ4v) is 7.78. The second-order valence-electron chi connectivity index (χ2n) is 9.59. The highest BCUT2D eigenvalue weighted by molar-refractivity contribution is 5.09. The van der Waals surface area contributed by atoms with E-state index in [1.165, 1.54) is 51.4 Å². The molecule has 1 N–H and O–H groups in total. The van der Waals surface area contributed by atoms with Gasteiger partial charge in [-0.1, -0.05) is 33.6 Å². The van der Waals surface area contributed by atoms with Crippen LogP contribution in [0.1, 0.15) is 78.6 Å². The van der Waals surface area contributed by atoms with E-state index in [-0.39, 0.29) is 11.5 Å². The minimum absolute atomic E-state index is 0.0179. The Kier molecular flexibility index (Phi) is 3.27. The summed E-state index contributed by atoms with van der Waals surface area (Å²) in [6, 6.07) is 0. The number of rotatable bonds is 0. The molecule has 4 rings (SSSR count). The van der Waals surface area contributed by atoms with Gasteiger partial charge in [-0.2, -0.15) is 0 Å². The summed E-state index contributed by atoms with van der Waals surface area (Å²) in [6.07, 6.45) is 12.4. The molecule has 21 heavy (non-hydrogen) atoms. The minimum atomic E-state index is -0.0179. The maximum absolute atomic E-state index is 10.5. The summed E-state index contributed by atoms with van der Waals surface area (Å²) in [7, 11) is 0. The Morgan fingerprint density at radius 1 is 0.810 bits per heavy atom. The van der Waals surface area contributed by atoms with Crippen LogP contribution in [0, 0.1) is 40.4 Å². The third-order valence-corrected chi connectivity index (χ3v) is 8.89. The van der Waals surface area contributed by atoms with Gasteiger partial charge < -0.3 is 5.11 Å². The van der Waals surface area contributed by atoms with E-state index >= 15 is 0 Å². The SMILES string of the molecule is CC1C[C@@H]2[C@@H](CC[C@]3(C)C(O)CC[C@@H]23)[C@@]2(C)CCCCC12. The van der Waals surface area contributed by atoms with Crippen molar-refractivity contribution in [3.63, 3.8) is 0 Å². The fourth-order valence-electron chi connectivity index (χ4n) is 7.78. The molecule has 0 aromatic carbocycles. The molecular formula is C20H34O. The van der Waals surface area contributed by atoms with Crippen molar-refractivity contribution >= 4 is 0 Å². The van der Waals surface area contributed by atoms with E-state index in [0.717, 1.165) is 36.0 Å². The van der Waals surface area contributed by atoms with Crippen LogP contribution in [0.15, 0.2) is 0 Å². The predicted molar refractivity (Wildman–Crippen MR) is 86.9 cm³/mol. The van der Waals surface area contributed by atoms with Gasteiger partial charge in [0.1, 0.15) is 0 Å². The average Bonchev–Trinajstić information content (AvgIpc) is 2.75. The maximum atomic E-state index is 10.5. The summed E-state index contributed by atoms with van der Waals surface area (Å²) < 4.78 is 0.